The van der Waals surface area contributed by atoms with Gasteiger partial charge in [0, 0.05) is 7.11 Å². The largest absolute Gasteiger partial charge is 0.444 e. The van der Waals surface area contributed by atoms with Gasteiger partial charge in [0.1, 0.15) is 11.2 Å². The summed E-state index contributed by atoms with van der Waals surface area (Å²) in [7, 11) is 1.69. The lowest BCUT2D eigenvalue weighted by atomic mass is 9.75. The molecule has 4 heteroatoms. The number of methoxy groups -OCH3 is 1. The summed E-state index contributed by atoms with van der Waals surface area (Å²) in [6.07, 6.45) is -0.450. The van der Waals surface area contributed by atoms with E-state index in [1.54, 1.807) is 7.11 Å². The van der Waals surface area contributed by atoms with Gasteiger partial charge in [0.05, 0.1) is 6.04 Å². The van der Waals surface area contributed by atoms with E-state index in [4.69, 9.17) is 9.47 Å². The Morgan fingerprint density at radius 2 is 1.33 bits per heavy atom. The van der Waals surface area contributed by atoms with Gasteiger partial charge in [-0.15, -0.1) is 0 Å². The summed E-state index contributed by atoms with van der Waals surface area (Å²) in [6, 6.07) is 19.7. The lowest BCUT2D eigenvalue weighted by Crippen LogP contribution is -2.56. The molecule has 2 aromatic rings. The summed E-state index contributed by atoms with van der Waals surface area (Å²) in [6.45, 7) is 9.71. The third-order valence-electron chi connectivity index (χ3n) is 4.50. The van der Waals surface area contributed by atoms with Crippen LogP contribution in [-0.2, 0) is 15.1 Å². The van der Waals surface area contributed by atoms with Crippen molar-refractivity contribution < 1.29 is 14.3 Å². The van der Waals surface area contributed by atoms with E-state index in [0.717, 1.165) is 11.1 Å². The van der Waals surface area contributed by atoms with E-state index >= 15 is 0 Å². The Labute approximate surface area is 162 Å². The molecule has 0 aliphatic heterocycles. The second-order valence-electron chi connectivity index (χ2n) is 8.04. The topological polar surface area (TPSA) is 47.6 Å². The zero-order valence-corrected chi connectivity index (χ0v) is 17.2. The predicted molar refractivity (Wildman–Crippen MR) is 109 cm³/mol. The average Bonchev–Trinajstić information content (AvgIpc) is 2.62. The van der Waals surface area contributed by atoms with Crippen molar-refractivity contribution in [1.29, 1.82) is 0 Å². The molecule has 1 N–H and O–H groups in total. The number of alkyl carbamates (subject to hydrolysis) is 1. The first-order valence-electron chi connectivity index (χ1n) is 9.36. The fourth-order valence-electron chi connectivity index (χ4n) is 3.43. The van der Waals surface area contributed by atoms with E-state index in [9.17, 15) is 4.79 Å². The molecule has 0 saturated carbocycles. The molecule has 0 heterocycles. The van der Waals surface area contributed by atoms with Gasteiger partial charge >= 0.3 is 6.09 Å². The maximum absolute atomic E-state index is 12.6. The van der Waals surface area contributed by atoms with Crippen molar-refractivity contribution in [2.45, 2.75) is 51.9 Å². The summed E-state index contributed by atoms with van der Waals surface area (Å²) in [5.74, 6) is 0.0953. The van der Waals surface area contributed by atoms with Crippen LogP contribution in [0.25, 0.3) is 0 Å². The van der Waals surface area contributed by atoms with Crippen molar-refractivity contribution in [1.82, 2.24) is 5.32 Å². The second kappa shape index (κ2) is 8.57. The van der Waals surface area contributed by atoms with Crippen LogP contribution in [-0.4, -0.2) is 24.8 Å². The van der Waals surface area contributed by atoms with Crippen LogP contribution in [0.2, 0.25) is 0 Å². The van der Waals surface area contributed by atoms with E-state index in [2.05, 4.69) is 19.2 Å². The van der Waals surface area contributed by atoms with Crippen molar-refractivity contribution in [3.63, 3.8) is 0 Å². The minimum Gasteiger partial charge on any atom is -0.444 e. The molecule has 0 aromatic heterocycles. The molecule has 27 heavy (non-hydrogen) atoms. The summed E-state index contributed by atoms with van der Waals surface area (Å²) in [5.41, 5.74) is 0.552. The Morgan fingerprint density at radius 1 is 0.889 bits per heavy atom. The minimum absolute atomic E-state index is 0.0953. The molecule has 0 bridgehead atoms. The molecular formula is C23H31NO3. The molecule has 0 spiro atoms. The maximum Gasteiger partial charge on any atom is 0.408 e. The number of carbonyl (C=O) groups is 1. The Balaban J connectivity index is 2.57. The first-order valence-corrected chi connectivity index (χ1v) is 9.36. The van der Waals surface area contributed by atoms with E-state index in [-0.39, 0.29) is 12.0 Å². The first kappa shape index (κ1) is 21.0. The van der Waals surface area contributed by atoms with Gasteiger partial charge in [-0.2, -0.15) is 0 Å². The number of hydrogen-bond donors (Lipinski definition) is 1. The normalized spacial score (nSPS) is 13.3. The van der Waals surface area contributed by atoms with Crippen LogP contribution in [0.1, 0.15) is 45.7 Å². The summed E-state index contributed by atoms with van der Waals surface area (Å²) in [4.78, 5) is 12.6. The molecule has 0 aliphatic carbocycles. The lowest BCUT2D eigenvalue weighted by Gasteiger charge is -2.43. The fraction of sp³-hybridized carbons (Fsp3) is 0.435. The Kier molecular flexibility index (Phi) is 6.66. The summed E-state index contributed by atoms with van der Waals surface area (Å²) >= 11 is 0. The van der Waals surface area contributed by atoms with Gasteiger partial charge in [0.25, 0.3) is 0 Å². The molecule has 1 unspecified atom stereocenters. The predicted octanol–water partition coefficient (Wildman–Crippen LogP) is 5.13. The highest BCUT2D eigenvalue weighted by molar-refractivity contribution is 5.68. The molecule has 2 aromatic carbocycles. The quantitative estimate of drug-likeness (QED) is 0.768. The monoisotopic (exact) mass is 369 g/mol. The van der Waals surface area contributed by atoms with Gasteiger partial charge in [0.15, 0.2) is 0 Å². The van der Waals surface area contributed by atoms with Crippen molar-refractivity contribution in [2.24, 2.45) is 5.92 Å². The van der Waals surface area contributed by atoms with Crippen LogP contribution in [0.4, 0.5) is 4.79 Å². The van der Waals surface area contributed by atoms with Gasteiger partial charge in [-0.05, 0) is 37.8 Å². The highest BCUT2D eigenvalue weighted by atomic mass is 16.6. The van der Waals surface area contributed by atoms with Crippen molar-refractivity contribution in [3.8, 4) is 0 Å². The highest BCUT2D eigenvalue weighted by Gasteiger charge is 2.45. The van der Waals surface area contributed by atoms with Gasteiger partial charge in [-0.3, -0.25) is 0 Å². The van der Waals surface area contributed by atoms with E-state index in [1.165, 1.54) is 0 Å². The van der Waals surface area contributed by atoms with Gasteiger partial charge in [-0.1, -0.05) is 74.5 Å². The molecule has 0 saturated heterocycles. The lowest BCUT2D eigenvalue weighted by molar-refractivity contribution is -0.0297. The van der Waals surface area contributed by atoms with Crippen LogP contribution in [0.3, 0.4) is 0 Å². The third kappa shape index (κ3) is 4.89. The number of nitrogens with one attached hydrogen (secondary N) is 1. The number of rotatable bonds is 6. The zero-order valence-electron chi connectivity index (χ0n) is 17.2. The SMILES string of the molecule is COC(c1ccccc1)(c1ccccc1)C(NC(=O)OC(C)(C)C)C(C)C. The molecule has 0 fully saturated rings. The van der Waals surface area contributed by atoms with E-state index in [0.29, 0.717) is 0 Å². The molecule has 1 amide bonds. The van der Waals surface area contributed by atoms with Crippen molar-refractivity contribution in [3.05, 3.63) is 71.8 Å². The van der Waals surface area contributed by atoms with Crippen LogP contribution in [0, 0.1) is 5.92 Å². The van der Waals surface area contributed by atoms with E-state index < -0.39 is 17.3 Å². The van der Waals surface area contributed by atoms with Gasteiger partial charge < -0.3 is 14.8 Å². The number of ether oxygens (including phenoxy) is 2. The van der Waals surface area contributed by atoms with Crippen LogP contribution in [0.15, 0.2) is 60.7 Å². The average molecular weight is 370 g/mol. The fourth-order valence-corrected chi connectivity index (χ4v) is 3.43. The maximum atomic E-state index is 12.6. The number of carbonyl (C=O) groups excluding carboxylic acids is 1. The number of hydrogen-bond acceptors (Lipinski definition) is 3. The molecule has 0 radical (unpaired) electrons. The minimum atomic E-state index is -0.840. The highest BCUT2D eigenvalue weighted by Crippen LogP contribution is 2.39. The zero-order chi connectivity index (χ0) is 20.1. The van der Waals surface area contributed by atoms with Crippen LogP contribution >= 0.6 is 0 Å². The van der Waals surface area contributed by atoms with Crippen molar-refractivity contribution in [2.75, 3.05) is 7.11 Å². The second-order valence-corrected chi connectivity index (χ2v) is 8.04. The molecular weight excluding hydrogens is 338 g/mol. The van der Waals surface area contributed by atoms with Crippen molar-refractivity contribution >= 4 is 6.09 Å². The molecule has 1 atom stereocenters. The molecule has 4 nitrogen and oxygen atoms in total. The smallest absolute Gasteiger partial charge is 0.408 e. The summed E-state index contributed by atoms with van der Waals surface area (Å²) < 4.78 is 11.7. The first-order chi connectivity index (χ1) is 12.7. The molecule has 2 rings (SSSR count). The number of amides is 1. The molecule has 0 aliphatic rings. The Bertz CT molecular complexity index is 681. The summed E-state index contributed by atoms with van der Waals surface area (Å²) in [5, 5.41) is 3.08. The van der Waals surface area contributed by atoms with Gasteiger partial charge in [0.2, 0.25) is 0 Å². The Hall–Kier alpha value is -2.33. The molecule has 146 valence electrons. The van der Waals surface area contributed by atoms with Crippen LogP contribution < -0.4 is 5.32 Å². The Morgan fingerprint density at radius 3 is 1.67 bits per heavy atom. The standard InChI is InChI=1S/C23H31NO3/c1-17(2)20(24-21(25)27-22(3,4)5)23(26-6,18-13-9-7-10-14-18)19-15-11-8-12-16-19/h7-17,20H,1-6H3,(H,24,25). The third-order valence-corrected chi connectivity index (χ3v) is 4.50. The number of benzene rings is 2. The van der Waals surface area contributed by atoms with Crippen LogP contribution in [0.5, 0.6) is 0 Å². The van der Waals surface area contributed by atoms with E-state index in [1.807, 2.05) is 81.4 Å². The van der Waals surface area contributed by atoms with Gasteiger partial charge in [-0.25, -0.2) is 4.79 Å².